The van der Waals surface area contributed by atoms with Gasteiger partial charge in [0.05, 0.1) is 22.3 Å². The summed E-state index contributed by atoms with van der Waals surface area (Å²) in [4.78, 5) is 23.6. The Bertz CT molecular complexity index is 716. The van der Waals surface area contributed by atoms with Gasteiger partial charge in [-0.1, -0.05) is 12.1 Å². The third-order valence-electron chi connectivity index (χ3n) is 2.93. The molecule has 0 aromatic heterocycles. The molecule has 2 aromatic rings. The van der Waals surface area contributed by atoms with Gasteiger partial charge in [-0.2, -0.15) is 0 Å². The third-order valence-corrected chi connectivity index (χ3v) is 3.55. The van der Waals surface area contributed by atoms with Gasteiger partial charge in [0.15, 0.2) is 0 Å². The van der Waals surface area contributed by atoms with Crippen LogP contribution in [0.1, 0.15) is 27.6 Å². The van der Waals surface area contributed by atoms with Crippen molar-refractivity contribution in [3.63, 3.8) is 0 Å². The monoisotopic (exact) mass is 362 g/mol. The Morgan fingerprint density at radius 2 is 1.95 bits per heavy atom. The van der Waals surface area contributed by atoms with Gasteiger partial charge in [0, 0.05) is 5.56 Å². The smallest absolute Gasteiger partial charge is 0.255 e. The summed E-state index contributed by atoms with van der Waals surface area (Å²) in [7, 11) is 0. The van der Waals surface area contributed by atoms with Crippen molar-refractivity contribution in [3.05, 3.63) is 58.1 Å². The number of halogens is 1. The second-order valence-electron chi connectivity index (χ2n) is 4.44. The molecule has 0 bridgehead atoms. The molecule has 22 heavy (non-hydrogen) atoms. The number of benzene rings is 2. The normalized spacial score (nSPS) is 10.1. The van der Waals surface area contributed by atoms with E-state index in [1.807, 2.05) is 6.92 Å². The zero-order chi connectivity index (χ0) is 16.1. The van der Waals surface area contributed by atoms with Crippen LogP contribution in [0.5, 0.6) is 5.75 Å². The minimum atomic E-state index is -0.594. The number of hydrogen-bond donors (Lipinski definition) is 2. The highest BCUT2D eigenvalue weighted by atomic mass is 79.9. The number of hydrogen-bond acceptors (Lipinski definition) is 3. The average Bonchev–Trinajstić information content (AvgIpc) is 2.49. The first-order valence-electron chi connectivity index (χ1n) is 6.65. The summed E-state index contributed by atoms with van der Waals surface area (Å²) in [6.07, 6.45) is 0. The van der Waals surface area contributed by atoms with Gasteiger partial charge < -0.3 is 15.8 Å². The molecule has 6 heteroatoms. The highest BCUT2D eigenvalue weighted by molar-refractivity contribution is 9.10. The second-order valence-corrected chi connectivity index (χ2v) is 5.30. The first-order valence-corrected chi connectivity index (χ1v) is 7.44. The molecule has 0 radical (unpaired) electrons. The number of ether oxygens (including phenoxy) is 1. The molecule has 0 atom stereocenters. The van der Waals surface area contributed by atoms with Crippen LogP contribution in [0.2, 0.25) is 0 Å². The van der Waals surface area contributed by atoms with Crippen molar-refractivity contribution >= 4 is 33.4 Å². The summed E-state index contributed by atoms with van der Waals surface area (Å²) >= 11 is 3.36. The van der Waals surface area contributed by atoms with Gasteiger partial charge in [0.2, 0.25) is 0 Å². The van der Waals surface area contributed by atoms with Crippen molar-refractivity contribution in [2.75, 3.05) is 11.9 Å². The number of nitrogens with two attached hydrogens (primary N) is 1. The lowest BCUT2D eigenvalue weighted by Gasteiger charge is -2.10. The number of rotatable bonds is 5. The van der Waals surface area contributed by atoms with E-state index in [0.29, 0.717) is 28.1 Å². The van der Waals surface area contributed by atoms with Gasteiger partial charge in [0.1, 0.15) is 5.75 Å². The number of nitrogens with one attached hydrogen (secondary N) is 1. The first-order chi connectivity index (χ1) is 10.5. The minimum absolute atomic E-state index is 0.265. The number of anilines is 1. The highest BCUT2D eigenvalue weighted by Crippen LogP contribution is 2.26. The van der Waals surface area contributed by atoms with E-state index in [2.05, 4.69) is 21.2 Å². The average molecular weight is 363 g/mol. The zero-order valence-electron chi connectivity index (χ0n) is 11.9. The summed E-state index contributed by atoms with van der Waals surface area (Å²) in [5.41, 5.74) is 6.38. The molecule has 0 heterocycles. The van der Waals surface area contributed by atoms with Crippen LogP contribution in [-0.4, -0.2) is 18.4 Å². The van der Waals surface area contributed by atoms with Gasteiger partial charge >= 0.3 is 0 Å². The van der Waals surface area contributed by atoms with E-state index in [9.17, 15) is 9.59 Å². The minimum Gasteiger partial charge on any atom is -0.493 e. The lowest BCUT2D eigenvalue weighted by atomic mass is 10.1. The molecule has 5 nitrogen and oxygen atoms in total. The van der Waals surface area contributed by atoms with Gasteiger partial charge in [-0.15, -0.1) is 0 Å². The van der Waals surface area contributed by atoms with Gasteiger partial charge in [-0.25, -0.2) is 0 Å². The highest BCUT2D eigenvalue weighted by Gasteiger charge is 2.13. The van der Waals surface area contributed by atoms with Gasteiger partial charge in [-0.05, 0) is 53.2 Å². The molecule has 0 unspecified atom stereocenters. The number of carbonyl (C=O) groups excluding carboxylic acids is 2. The number of para-hydroxylation sites is 1. The van der Waals surface area contributed by atoms with E-state index in [4.69, 9.17) is 10.5 Å². The Morgan fingerprint density at radius 3 is 2.59 bits per heavy atom. The number of primary amides is 1. The number of amides is 2. The fraction of sp³-hybridized carbons (Fsp3) is 0.125. The lowest BCUT2D eigenvalue weighted by Crippen LogP contribution is -2.18. The van der Waals surface area contributed by atoms with Crippen molar-refractivity contribution in [2.24, 2.45) is 5.73 Å². The van der Waals surface area contributed by atoms with E-state index >= 15 is 0 Å². The fourth-order valence-electron chi connectivity index (χ4n) is 1.92. The van der Waals surface area contributed by atoms with E-state index < -0.39 is 5.91 Å². The maximum absolute atomic E-state index is 12.3. The molecule has 0 saturated heterocycles. The molecular formula is C16H15BrN2O3. The predicted octanol–water partition coefficient (Wildman–Crippen LogP) is 3.20. The Labute approximate surface area is 136 Å². The first kappa shape index (κ1) is 16.0. The second kappa shape index (κ2) is 7.09. The van der Waals surface area contributed by atoms with Crippen LogP contribution in [0.4, 0.5) is 5.69 Å². The number of carbonyl (C=O) groups is 2. The van der Waals surface area contributed by atoms with Crippen LogP contribution >= 0.6 is 15.9 Å². The molecule has 2 amide bonds. The molecule has 0 aliphatic heterocycles. The molecule has 114 valence electrons. The Morgan fingerprint density at radius 1 is 1.23 bits per heavy atom. The summed E-state index contributed by atoms with van der Waals surface area (Å²) in [6, 6.07) is 11.6. The summed E-state index contributed by atoms with van der Waals surface area (Å²) < 4.78 is 6.09. The lowest BCUT2D eigenvalue weighted by molar-refractivity contribution is 0.100. The molecule has 0 aliphatic rings. The van der Waals surface area contributed by atoms with Crippen LogP contribution in [0, 0.1) is 0 Å². The molecule has 0 saturated carbocycles. The Balaban J connectivity index is 2.23. The van der Waals surface area contributed by atoms with Crippen molar-refractivity contribution < 1.29 is 14.3 Å². The van der Waals surface area contributed by atoms with Crippen LogP contribution in [0.3, 0.4) is 0 Å². The summed E-state index contributed by atoms with van der Waals surface area (Å²) in [5, 5.41) is 2.69. The molecule has 2 rings (SSSR count). The van der Waals surface area contributed by atoms with E-state index in [0.717, 1.165) is 0 Å². The molecule has 2 aromatic carbocycles. The van der Waals surface area contributed by atoms with E-state index in [1.165, 1.54) is 0 Å². The molecule has 0 spiro atoms. The summed E-state index contributed by atoms with van der Waals surface area (Å²) in [5.74, 6) is -0.266. The van der Waals surface area contributed by atoms with Crippen LogP contribution < -0.4 is 15.8 Å². The van der Waals surface area contributed by atoms with Crippen molar-refractivity contribution in [1.82, 2.24) is 0 Å². The largest absolute Gasteiger partial charge is 0.493 e. The van der Waals surface area contributed by atoms with Gasteiger partial charge in [0.25, 0.3) is 11.8 Å². The molecule has 3 N–H and O–H groups in total. The molecule has 0 fully saturated rings. The van der Waals surface area contributed by atoms with E-state index in [-0.39, 0.29) is 11.5 Å². The Hall–Kier alpha value is -2.34. The summed E-state index contributed by atoms with van der Waals surface area (Å²) in [6.45, 7) is 2.42. The quantitative estimate of drug-likeness (QED) is 0.856. The fourth-order valence-corrected chi connectivity index (χ4v) is 2.41. The van der Waals surface area contributed by atoms with Crippen LogP contribution in [0.15, 0.2) is 46.9 Å². The SMILES string of the molecule is CCOc1ccc(C(=O)Nc2ccccc2C(N)=O)cc1Br. The molecular weight excluding hydrogens is 348 g/mol. The standard InChI is InChI=1S/C16H15BrN2O3/c1-2-22-14-8-7-10(9-12(14)17)16(21)19-13-6-4-3-5-11(13)15(18)20/h3-9H,2H2,1H3,(H2,18,20)(H,19,21). The van der Waals surface area contributed by atoms with Crippen molar-refractivity contribution in [3.8, 4) is 5.75 Å². The van der Waals surface area contributed by atoms with Crippen molar-refractivity contribution in [1.29, 1.82) is 0 Å². The van der Waals surface area contributed by atoms with Crippen LogP contribution in [0.25, 0.3) is 0 Å². The van der Waals surface area contributed by atoms with Crippen LogP contribution in [-0.2, 0) is 0 Å². The van der Waals surface area contributed by atoms with Crippen molar-refractivity contribution in [2.45, 2.75) is 6.92 Å². The topological polar surface area (TPSA) is 81.4 Å². The Kier molecular flexibility index (Phi) is 5.16. The molecule has 0 aliphatic carbocycles. The van der Waals surface area contributed by atoms with Gasteiger partial charge in [-0.3, -0.25) is 9.59 Å². The third kappa shape index (κ3) is 3.65. The van der Waals surface area contributed by atoms with E-state index in [1.54, 1.807) is 42.5 Å². The maximum Gasteiger partial charge on any atom is 0.255 e. The zero-order valence-corrected chi connectivity index (χ0v) is 13.5. The maximum atomic E-state index is 12.3. The predicted molar refractivity (Wildman–Crippen MR) is 88.2 cm³/mol.